The molecule has 0 aromatic carbocycles. The molecule has 2 fully saturated rings. The minimum atomic E-state index is -0.800. The number of carbonyl (C=O) groups is 4. The lowest BCUT2D eigenvalue weighted by atomic mass is 9.80. The number of imide groups is 1. The maximum Gasteiger partial charge on any atom is 0.230 e. The van der Waals surface area contributed by atoms with Crippen molar-refractivity contribution in [3.05, 3.63) is 0 Å². The van der Waals surface area contributed by atoms with Gasteiger partial charge in [-0.05, 0) is 33.6 Å². The lowest BCUT2D eigenvalue weighted by Crippen LogP contribution is -2.47. The molecule has 2 atom stereocenters. The molecule has 0 aromatic heterocycles. The number of aliphatic hydroxyl groups excluding tert-OH is 1. The van der Waals surface area contributed by atoms with Crippen molar-refractivity contribution in [1.82, 2.24) is 9.80 Å². The van der Waals surface area contributed by atoms with Crippen LogP contribution >= 0.6 is 0 Å². The Bertz CT molecular complexity index is 604. The summed E-state index contributed by atoms with van der Waals surface area (Å²) in [5.41, 5.74) is -1.20. The van der Waals surface area contributed by atoms with Crippen LogP contribution in [0.15, 0.2) is 0 Å². The molecule has 7 heteroatoms. The van der Waals surface area contributed by atoms with Crippen LogP contribution in [-0.4, -0.2) is 56.7 Å². The van der Waals surface area contributed by atoms with Gasteiger partial charge in [0.25, 0.3) is 0 Å². The molecule has 0 saturated carbocycles. The fraction of sp³-hybridized carbons (Fsp3) is 0.789. The van der Waals surface area contributed by atoms with Gasteiger partial charge in [0.15, 0.2) is 5.78 Å². The van der Waals surface area contributed by atoms with E-state index in [2.05, 4.69) is 0 Å². The third-order valence-electron chi connectivity index (χ3n) is 5.43. The number of likely N-dealkylation sites (tertiary alicyclic amines) is 2. The summed E-state index contributed by atoms with van der Waals surface area (Å²) in [6.45, 7) is 9.01. The second kappa shape index (κ2) is 7.10. The Morgan fingerprint density at radius 1 is 1.08 bits per heavy atom. The third-order valence-corrected chi connectivity index (χ3v) is 5.43. The van der Waals surface area contributed by atoms with Gasteiger partial charge in [0, 0.05) is 36.1 Å². The van der Waals surface area contributed by atoms with Gasteiger partial charge in [0.1, 0.15) is 6.23 Å². The van der Waals surface area contributed by atoms with Crippen molar-refractivity contribution in [2.24, 2.45) is 11.3 Å². The van der Waals surface area contributed by atoms with Gasteiger partial charge < -0.3 is 10.0 Å². The Morgan fingerprint density at radius 2 is 1.62 bits per heavy atom. The summed E-state index contributed by atoms with van der Waals surface area (Å²) in [6.07, 6.45) is 0.856. The Kier molecular flexibility index (Phi) is 5.61. The van der Waals surface area contributed by atoms with E-state index in [0.29, 0.717) is 19.3 Å². The quantitative estimate of drug-likeness (QED) is 0.719. The summed E-state index contributed by atoms with van der Waals surface area (Å²) in [6, 6.07) is 0. The highest BCUT2D eigenvalue weighted by Gasteiger charge is 2.44. The van der Waals surface area contributed by atoms with E-state index >= 15 is 0 Å². The minimum Gasteiger partial charge on any atom is -0.373 e. The summed E-state index contributed by atoms with van der Waals surface area (Å²) < 4.78 is 0. The molecule has 3 amide bonds. The first-order chi connectivity index (χ1) is 11.8. The summed E-state index contributed by atoms with van der Waals surface area (Å²) in [5.74, 6) is -1.17. The van der Waals surface area contributed by atoms with Crippen molar-refractivity contribution < 1.29 is 24.3 Å². The zero-order valence-corrected chi connectivity index (χ0v) is 16.4. The maximum atomic E-state index is 12.6. The van der Waals surface area contributed by atoms with Crippen LogP contribution in [0.4, 0.5) is 0 Å². The van der Waals surface area contributed by atoms with Crippen molar-refractivity contribution in [2.75, 3.05) is 6.54 Å². The van der Waals surface area contributed by atoms with Gasteiger partial charge in [-0.15, -0.1) is 0 Å². The molecule has 2 unspecified atom stereocenters. The van der Waals surface area contributed by atoms with Crippen LogP contribution in [-0.2, 0) is 19.2 Å². The van der Waals surface area contributed by atoms with E-state index in [0.717, 1.165) is 4.90 Å². The normalized spacial score (nSPS) is 24.8. The van der Waals surface area contributed by atoms with E-state index in [1.807, 2.05) is 20.8 Å². The number of ketones is 1. The first-order valence-electron chi connectivity index (χ1n) is 9.22. The maximum absolute atomic E-state index is 12.6. The Hall–Kier alpha value is -1.76. The number of amides is 3. The van der Waals surface area contributed by atoms with Gasteiger partial charge in [-0.25, -0.2) is 0 Å². The van der Waals surface area contributed by atoms with E-state index in [4.69, 9.17) is 0 Å². The molecule has 2 rings (SSSR count). The van der Waals surface area contributed by atoms with Gasteiger partial charge in [-0.3, -0.25) is 24.1 Å². The van der Waals surface area contributed by atoms with E-state index in [1.165, 1.54) is 4.90 Å². The molecule has 146 valence electrons. The number of hydrogen-bond acceptors (Lipinski definition) is 5. The topological polar surface area (TPSA) is 95.0 Å². The van der Waals surface area contributed by atoms with Crippen LogP contribution in [0.3, 0.4) is 0 Å². The number of aliphatic hydroxyl groups is 1. The van der Waals surface area contributed by atoms with Crippen molar-refractivity contribution in [3.63, 3.8) is 0 Å². The predicted molar refractivity (Wildman–Crippen MR) is 94.7 cm³/mol. The molecule has 0 aliphatic carbocycles. The first-order valence-corrected chi connectivity index (χ1v) is 9.22. The Balaban J connectivity index is 1.95. The van der Waals surface area contributed by atoms with Crippen LogP contribution in [0, 0.1) is 11.3 Å². The van der Waals surface area contributed by atoms with Crippen LogP contribution < -0.4 is 0 Å². The lowest BCUT2D eigenvalue weighted by molar-refractivity contribution is -0.144. The molecule has 7 nitrogen and oxygen atoms in total. The van der Waals surface area contributed by atoms with Gasteiger partial charge in [0.05, 0.1) is 6.54 Å². The third kappa shape index (κ3) is 4.14. The predicted octanol–water partition coefficient (Wildman–Crippen LogP) is 1.48. The highest BCUT2D eigenvalue weighted by molar-refractivity contribution is 6.05. The fourth-order valence-corrected chi connectivity index (χ4v) is 3.65. The number of carbonyl (C=O) groups excluding carboxylic acids is 4. The second-order valence-electron chi connectivity index (χ2n) is 9.01. The first kappa shape index (κ1) is 20.6. The zero-order chi connectivity index (χ0) is 19.9. The molecule has 26 heavy (non-hydrogen) atoms. The molecule has 2 heterocycles. The summed E-state index contributed by atoms with van der Waals surface area (Å²) in [4.78, 5) is 51.1. The second-order valence-corrected chi connectivity index (χ2v) is 9.01. The van der Waals surface area contributed by atoms with Gasteiger partial charge in [-0.2, -0.15) is 0 Å². The van der Waals surface area contributed by atoms with Crippen molar-refractivity contribution in [1.29, 1.82) is 0 Å². The summed E-state index contributed by atoms with van der Waals surface area (Å²) >= 11 is 0. The molecule has 0 aromatic rings. The number of nitrogens with zero attached hydrogens (tertiary/aromatic N) is 2. The van der Waals surface area contributed by atoms with Crippen LogP contribution in [0.1, 0.15) is 66.7 Å². The number of hydrogen-bond donors (Lipinski definition) is 1. The molecule has 0 spiro atoms. The molecular weight excluding hydrogens is 336 g/mol. The molecule has 0 radical (unpaired) electrons. The van der Waals surface area contributed by atoms with E-state index in [9.17, 15) is 24.3 Å². The average molecular weight is 366 g/mol. The van der Waals surface area contributed by atoms with Crippen molar-refractivity contribution >= 4 is 23.5 Å². The number of Topliss-reactive ketones (excluding diaryl/α,β-unsaturated/α-hetero) is 1. The van der Waals surface area contributed by atoms with Crippen molar-refractivity contribution in [3.8, 4) is 0 Å². The molecule has 0 bridgehead atoms. The molecule has 2 saturated heterocycles. The van der Waals surface area contributed by atoms with Gasteiger partial charge in [0.2, 0.25) is 17.7 Å². The van der Waals surface area contributed by atoms with Crippen LogP contribution in [0.2, 0.25) is 0 Å². The Morgan fingerprint density at radius 3 is 2.08 bits per heavy atom. The minimum absolute atomic E-state index is 0.0850. The summed E-state index contributed by atoms with van der Waals surface area (Å²) in [5, 5.41) is 10.2. The smallest absolute Gasteiger partial charge is 0.230 e. The van der Waals surface area contributed by atoms with Gasteiger partial charge in [-0.1, -0.05) is 13.8 Å². The van der Waals surface area contributed by atoms with Gasteiger partial charge >= 0.3 is 0 Å². The van der Waals surface area contributed by atoms with Crippen LogP contribution in [0.25, 0.3) is 0 Å². The molecule has 1 N–H and O–H groups in total. The average Bonchev–Trinajstić information content (AvgIpc) is 2.97. The van der Waals surface area contributed by atoms with Crippen LogP contribution in [0.5, 0.6) is 0 Å². The SMILES string of the molecule is CC(C)(CCC1CC(O)N(C(C)(C)C)C1=O)C(=O)CN1C(=O)CCC1=O. The molecular formula is C19H30N2O5. The highest BCUT2D eigenvalue weighted by atomic mass is 16.3. The fourth-order valence-electron chi connectivity index (χ4n) is 3.65. The monoisotopic (exact) mass is 366 g/mol. The Labute approximate surface area is 154 Å². The molecule has 2 aliphatic rings. The lowest BCUT2D eigenvalue weighted by Gasteiger charge is -2.34. The highest BCUT2D eigenvalue weighted by Crippen LogP contribution is 2.36. The van der Waals surface area contributed by atoms with Crippen molar-refractivity contribution in [2.45, 2.75) is 78.5 Å². The van der Waals surface area contributed by atoms with E-state index < -0.39 is 17.2 Å². The zero-order valence-electron chi connectivity index (χ0n) is 16.4. The van der Waals surface area contributed by atoms with E-state index in [-0.39, 0.29) is 48.8 Å². The summed E-state index contributed by atoms with van der Waals surface area (Å²) in [7, 11) is 0. The van der Waals surface area contributed by atoms with E-state index in [1.54, 1.807) is 13.8 Å². The molecule has 2 aliphatic heterocycles. The largest absolute Gasteiger partial charge is 0.373 e. The standard InChI is InChI=1S/C19H30N2O5/c1-18(2,3)21-16(25)10-12(17(21)26)8-9-19(4,5)13(22)11-20-14(23)6-7-15(20)24/h12,16,25H,6-11H2,1-5H3. The number of rotatable bonds is 6.